The Labute approximate surface area is 143 Å². The summed E-state index contributed by atoms with van der Waals surface area (Å²) in [6, 6.07) is 32.1. The summed E-state index contributed by atoms with van der Waals surface area (Å²) in [6.45, 7) is 1.59. The molecule has 0 saturated carbocycles. The van der Waals surface area contributed by atoms with E-state index in [0.29, 0.717) is 0 Å². The maximum absolute atomic E-state index is 6.22. The molecule has 4 rings (SSSR count). The molecule has 0 N–H and O–H groups in total. The second-order valence-electron chi connectivity index (χ2n) is 6.18. The summed E-state index contributed by atoms with van der Waals surface area (Å²) in [4.78, 5) is 2.46. The van der Waals surface area contributed by atoms with Crippen molar-refractivity contribution < 1.29 is 4.74 Å². The number of nitrogens with zero attached hydrogens (tertiary/aromatic N) is 1. The van der Waals surface area contributed by atoms with Crippen LogP contribution < -0.4 is 0 Å². The van der Waals surface area contributed by atoms with Gasteiger partial charge in [-0.1, -0.05) is 91.0 Å². The standard InChI is InChI=1S/C22H21NO/c1-4-10-18(11-5-1)16-23-21(19-12-6-2-7-13-19)17-24-22(23)20-14-8-3-9-15-20/h1-15,21-22H,16-17H2/t21-,22?/m0/s1. The van der Waals surface area contributed by atoms with Crippen molar-refractivity contribution in [3.05, 3.63) is 108 Å². The molecule has 3 aromatic rings. The Balaban J connectivity index is 1.67. The van der Waals surface area contributed by atoms with Crippen LogP contribution in [0, 0.1) is 0 Å². The maximum atomic E-state index is 6.22. The second-order valence-corrected chi connectivity index (χ2v) is 6.18. The molecule has 1 heterocycles. The summed E-state index contributed by atoms with van der Waals surface area (Å²) in [5, 5.41) is 0. The van der Waals surface area contributed by atoms with Gasteiger partial charge in [0.05, 0.1) is 12.6 Å². The minimum atomic E-state index is -0.00314. The first-order valence-electron chi connectivity index (χ1n) is 8.43. The van der Waals surface area contributed by atoms with Crippen molar-refractivity contribution in [3.63, 3.8) is 0 Å². The van der Waals surface area contributed by atoms with Gasteiger partial charge in [-0.05, 0) is 16.7 Å². The van der Waals surface area contributed by atoms with Crippen LogP contribution in [0.2, 0.25) is 0 Å². The topological polar surface area (TPSA) is 12.5 Å². The van der Waals surface area contributed by atoms with E-state index < -0.39 is 0 Å². The van der Waals surface area contributed by atoms with Gasteiger partial charge in [0, 0.05) is 6.54 Å². The monoisotopic (exact) mass is 315 g/mol. The molecule has 2 nitrogen and oxygen atoms in total. The minimum Gasteiger partial charge on any atom is -0.357 e. The van der Waals surface area contributed by atoms with Gasteiger partial charge in [0.15, 0.2) is 0 Å². The molecule has 1 unspecified atom stereocenters. The fourth-order valence-corrected chi connectivity index (χ4v) is 3.39. The van der Waals surface area contributed by atoms with Crippen molar-refractivity contribution in [3.8, 4) is 0 Å². The summed E-state index contributed by atoms with van der Waals surface area (Å²) in [5.41, 5.74) is 3.84. The normalized spacial score (nSPS) is 21.0. The third kappa shape index (κ3) is 3.12. The molecule has 2 atom stereocenters. The largest absolute Gasteiger partial charge is 0.357 e. The number of hydrogen-bond donors (Lipinski definition) is 0. The first kappa shape index (κ1) is 15.1. The van der Waals surface area contributed by atoms with Crippen LogP contribution in [0.5, 0.6) is 0 Å². The first-order chi connectivity index (χ1) is 11.9. The van der Waals surface area contributed by atoms with Crippen molar-refractivity contribution >= 4 is 0 Å². The van der Waals surface area contributed by atoms with Gasteiger partial charge >= 0.3 is 0 Å². The van der Waals surface area contributed by atoms with E-state index in [1.54, 1.807) is 0 Å². The first-order valence-corrected chi connectivity index (χ1v) is 8.43. The molecular formula is C22H21NO. The number of ether oxygens (including phenoxy) is 1. The van der Waals surface area contributed by atoms with Gasteiger partial charge in [0.2, 0.25) is 0 Å². The van der Waals surface area contributed by atoms with E-state index in [1.165, 1.54) is 16.7 Å². The number of hydrogen-bond acceptors (Lipinski definition) is 2. The zero-order chi connectivity index (χ0) is 16.2. The van der Waals surface area contributed by atoms with Crippen LogP contribution in [-0.2, 0) is 11.3 Å². The summed E-state index contributed by atoms with van der Waals surface area (Å²) in [5.74, 6) is 0. The molecule has 120 valence electrons. The molecule has 1 fully saturated rings. The highest BCUT2D eigenvalue weighted by molar-refractivity contribution is 5.25. The van der Waals surface area contributed by atoms with E-state index in [9.17, 15) is 0 Å². The van der Waals surface area contributed by atoms with E-state index in [4.69, 9.17) is 4.74 Å². The lowest BCUT2D eigenvalue weighted by Crippen LogP contribution is -2.26. The Morgan fingerprint density at radius 1 is 0.708 bits per heavy atom. The summed E-state index contributed by atoms with van der Waals surface area (Å²) in [7, 11) is 0. The van der Waals surface area contributed by atoms with E-state index in [1.807, 2.05) is 0 Å². The Morgan fingerprint density at radius 2 is 1.25 bits per heavy atom. The Kier molecular flexibility index (Phi) is 4.41. The summed E-state index contributed by atoms with van der Waals surface area (Å²) in [6.07, 6.45) is -0.00314. The minimum absolute atomic E-state index is 0.00314. The lowest BCUT2D eigenvalue weighted by molar-refractivity contribution is 0.0246. The quantitative estimate of drug-likeness (QED) is 0.675. The highest BCUT2D eigenvalue weighted by atomic mass is 16.5. The third-order valence-electron chi connectivity index (χ3n) is 4.59. The Bertz CT molecular complexity index is 710. The van der Waals surface area contributed by atoms with Crippen LogP contribution in [0.1, 0.15) is 29.0 Å². The average Bonchev–Trinajstić information content (AvgIpc) is 3.07. The SMILES string of the molecule is c1ccc(CN2C(c3ccccc3)OC[C@H]2c2ccccc2)cc1. The maximum Gasteiger partial charge on any atom is 0.137 e. The molecule has 0 radical (unpaired) electrons. The number of rotatable bonds is 4. The molecule has 0 bridgehead atoms. The molecule has 0 spiro atoms. The van der Waals surface area contributed by atoms with Crippen LogP contribution in [0.3, 0.4) is 0 Å². The van der Waals surface area contributed by atoms with Crippen LogP contribution in [-0.4, -0.2) is 11.5 Å². The lowest BCUT2D eigenvalue weighted by atomic mass is 10.0. The fraction of sp³-hybridized carbons (Fsp3) is 0.182. The highest BCUT2D eigenvalue weighted by Gasteiger charge is 2.36. The van der Waals surface area contributed by atoms with Gasteiger partial charge in [0.25, 0.3) is 0 Å². The van der Waals surface area contributed by atoms with Gasteiger partial charge in [-0.15, -0.1) is 0 Å². The molecule has 3 aromatic carbocycles. The van der Waals surface area contributed by atoms with E-state index in [2.05, 4.69) is 95.9 Å². The predicted octanol–water partition coefficient (Wildman–Crippen LogP) is 4.96. The van der Waals surface area contributed by atoms with Crippen LogP contribution in [0.25, 0.3) is 0 Å². The van der Waals surface area contributed by atoms with Gasteiger partial charge in [-0.3, -0.25) is 4.90 Å². The average molecular weight is 315 g/mol. The second kappa shape index (κ2) is 7.00. The molecule has 0 amide bonds. The molecule has 1 saturated heterocycles. The van der Waals surface area contributed by atoms with E-state index >= 15 is 0 Å². The zero-order valence-corrected chi connectivity index (χ0v) is 13.6. The molecule has 1 aliphatic rings. The Hall–Kier alpha value is -2.42. The highest BCUT2D eigenvalue weighted by Crippen LogP contribution is 2.39. The smallest absolute Gasteiger partial charge is 0.137 e. The van der Waals surface area contributed by atoms with Gasteiger partial charge in [-0.2, -0.15) is 0 Å². The summed E-state index contributed by atoms with van der Waals surface area (Å²) >= 11 is 0. The van der Waals surface area contributed by atoms with Gasteiger partial charge in [0.1, 0.15) is 6.23 Å². The van der Waals surface area contributed by atoms with Crippen LogP contribution >= 0.6 is 0 Å². The molecule has 2 heteroatoms. The van der Waals surface area contributed by atoms with Crippen LogP contribution in [0.15, 0.2) is 91.0 Å². The van der Waals surface area contributed by atoms with E-state index in [-0.39, 0.29) is 12.3 Å². The molecular weight excluding hydrogens is 294 g/mol. The molecule has 1 aliphatic heterocycles. The van der Waals surface area contributed by atoms with Crippen molar-refractivity contribution in [2.75, 3.05) is 6.61 Å². The fourth-order valence-electron chi connectivity index (χ4n) is 3.39. The number of benzene rings is 3. The molecule has 24 heavy (non-hydrogen) atoms. The van der Waals surface area contributed by atoms with Crippen LogP contribution in [0.4, 0.5) is 0 Å². The van der Waals surface area contributed by atoms with Gasteiger partial charge in [-0.25, -0.2) is 0 Å². The van der Waals surface area contributed by atoms with Crippen molar-refractivity contribution in [1.82, 2.24) is 4.90 Å². The van der Waals surface area contributed by atoms with Crippen molar-refractivity contribution in [2.45, 2.75) is 18.8 Å². The predicted molar refractivity (Wildman–Crippen MR) is 96.3 cm³/mol. The summed E-state index contributed by atoms with van der Waals surface area (Å²) < 4.78 is 6.22. The molecule has 0 aliphatic carbocycles. The Morgan fingerprint density at radius 3 is 1.88 bits per heavy atom. The van der Waals surface area contributed by atoms with Crippen molar-refractivity contribution in [1.29, 1.82) is 0 Å². The van der Waals surface area contributed by atoms with Gasteiger partial charge < -0.3 is 4.74 Å². The van der Waals surface area contributed by atoms with Crippen molar-refractivity contribution in [2.24, 2.45) is 0 Å². The third-order valence-corrected chi connectivity index (χ3v) is 4.59. The lowest BCUT2D eigenvalue weighted by Gasteiger charge is -2.28. The van der Waals surface area contributed by atoms with E-state index in [0.717, 1.165) is 13.2 Å². The molecule has 0 aromatic heterocycles. The zero-order valence-electron chi connectivity index (χ0n) is 13.6.